The first-order valence-corrected chi connectivity index (χ1v) is 15.4. The summed E-state index contributed by atoms with van der Waals surface area (Å²) in [6, 6.07) is 5.46. The highest BCUT2D eigenvalue weighted by Gasteiger charge is 2.22. The Morgan fingerprint density at radius 1 is 0.915 bits per heavy atom. The van der Waals surface area contributed by atoms with Gasteiger partial charge in [0.15, 0.2) is 5.75 Å². The third kappa shape index (κ3) is 22.7. The van der Waals surface area contributed by atoms with Gasteiger partial charge in [-0.25, -0.2) is 0 Å². The lowest BCUT2D eigenvalue weighted by atomic mass is 9.76. The molecule has 0 aliphatic rings. The van der Waals surface area contributed by atoms with Crippen LogP contribution < -0.4 is 15.4 Å². The zero-order chi connectivity index (χ0) is 35.8. The molecule has 0 aliphatic heterocycles. The van der Waals surface area contributed by atoms with Crippen LogP contribution in [0.4, 0.5) is 5.69 Å². The summed E-state index contributed by atoms with van der Waals surface area (Å²) in [5.41, 5.74) is 1.69. The van der Waals surface area contributed by atoms with E-state index in [1.165, 1.54) is 6.92 Å². The van der Waals surface area contributed by atoms with Crippen LogP contribution in [0, 0.1) is 29.1 Å². The molecular weight excluding hydrogens is 612 g/mol. The molecule has 13 heteroatoms. The number of nitrogens with one attached hydrogen (secondary N) is 2. The van der Waals surface area contributed by atoms with Crippen molar-refractivity contribution in [2.24, 2.45) is 17.3 Å². The quantitative estimate of drug-likeness (QED) is 0.0646. The van der Waals surface area contributed by atoms with Crippen molar-refractivity contribution in [1.29, 1.82) is 0 Å². The molecule has 0 aromatic heterocycles. The van der Waals surface area contributed by atoms with Gasteiger partial charge in [0.2, 0.25) is 11.7 Å². The van der Waals surface area contributed by atoms with E-state index in [-0.39, 0.29) is 75.5 Å². The molecule has 3 N–H and O–H groups in total. The van der Waals surface area contributed by atoms with E-state index in [0.29, 0.717) is 23.9 Å². The molecule has 13 nitrogen and oxygen atoms in total. The highest BCUT2D eigenvalue weighted by atomic mass is 16.5. The van der Waals surface area contributed by atoms with Crippen LogP contribution in [-0.4, -0.2) is 73.8 Å². The number of hydrogen-bond donors (Lipinski definition) is 3. The van der Waals surface area contributed by atoms with Crippen molar-refractivity contribution in [3.8, 4) is 17.6 Å². The van der Waals surface area contributed by atoms with Crippen LogP contribution >= 0.6 is 0 Å². The van der Waals surface area contributed by atoms with E-state index in [4.69, 9.17) is 28.9 Å². The van der Waals surface area contributed by atoms with E-state index in [1.807, 2.05) is 12.1 Å². The third-order valence-corrected chi connectivity index (χ3v) is 6.86. The molecular formula is C34H48N2O11. The summed E-state index contributed by atoms with van der Waals surface area (Å²) in [6.07, 6.45) is 2.55. The number of aliphatic carboxylic acids is 1. The van der Waals surface area contributed by atoms with Crippen LogP contribution in [-0.2, 0) is 49.5 Å². The van der Waals surface area contributed by atoms with Gasteiger partial charge in [-0.1, -0.05) is 40.7 Å². The highest BCUT2D eigenvalue weighted by molar-refractivity contribution is 6.03. The van der Waals surface area contributed by atoms with Gasteiger partial charge in [0, 0.05) is 32.4 Å². The van der Waals surface area contributed by atoms with E-state index in [1.54, 1.807) is 6.07 Å². The van der Waals surface area contributed by atoms with Gasteiger partial charge in [0.05, 0.1) is 38.3 Å². The Kier molecular flexibility index (Phi) is 21.7. The first-order valence-electron chi connectivity index (χ1n) is 15.4. The van der Waals surface area contributed by atoms with Gasteiger partial charge >= 0.3 is 18.1 Å². The molecule has 1 rings (SSSR count). The summed E-state index contributed by atoms with van der Waals surface area (Å²) in [7, 11) is 0. The number of carbonyl (C=O) groups is 5. The summed E-state index contributed by atoms with van der Waals surface area (Å²) in [5, 5.41) is 13.8. The first kappa shape index (κ1) is 42.6. The molecule has 260 valence electrons. The van der Waals surface area contributed by atoms with Crippen molar-refractivity contribution >= 4 is 41.4 Å². The normalized spacial score (nSPS) is 11.7. The van der Waals surface area contributed by atoms with Crippen LogP contribution in [0.25, 0.3) is 0 Å². The van der Waals surface area contributed by atoms with Gasteiger partial charge in [-0.05, 0) is 60.1 Å². The smallest absolute Gasteiger partial charge is 0.373 e. The topological polar surface area (TPSA) is 191 Å². The van der Waals surface area contributed by atoms with E-state index in [0.717, 1.165) is 18.4 Å². The minimum Gasteiger partial charge on any atom is -0.481 e. The average molecular weight is 661 g/mol. The number of rotatable bonds is 19. The second-order valence-corrected chi connectivity index (χ2v) is 12.0. The van der Waals surface area contributed by atoms with E-state index >= 15 is 0 Å². The number of benzene rings is 1. The number of hydrogen-bond acceptors (Lipinski definition) is 10. The second kappa shape index (κ2) is 23.9. The molecule has 0 saturated carbocycles. The molecule has 0 heterocycles. The highest BCUT2D eigenvalue weighted by Crippen LogP contribution is 2.33. The number of ether oxygens (including phenoxy) is 3. The summed E-state index contributed by atoms with van der Waals surface area (Å²) in [6.45, 7) is 13.2. The van der Waals surface area contributed by atoms with Gasteiger partial charge in [-0.15, -0.1) is 0 Å². The van der Waals surface area contributed by atoms with Crippen LogP contribution in [0.5, 0.6) is 5.75 Å². The number of carboxylic acid groups (broad SMARTS) is 1. The molecule has 47 heavy (non-hydrogen) atoms. The van der Waals surface area contributed by atoms with Crippen LogP contribution in [0.2, 0.25) is 0 Å². The zero-order valence-electron chi connectivity index (χ0n) is 28.2. The van der Waals surface area contributed by atoms with Crippen molar-refractivity contribution < 1.29 is 52.9 Å². The number of ketones is 1. The van der Waals surface area contributed by atoms with Crippen LogP contribution in [0.3, 0.4) is 0 Å². The van der Waals surface area contributed by atoms with Gasteiger partial charge in [0.25, 0.3) is 5.91 Å². The summed E-state index contributed by atoms with van der Waals surface area (Å²) < 4.78 is 15.8. The molecule has 2 atom stereocenters. The molecule has 1 aromatic carbocycles. The first-order chi connectivity index (χ1) is 22.1. The van der Waals surface area contributed by atoms with E-state index < -0.39 is 23.6 Å². The Hall–Kier alpha value is -4.37. The lowest BCUT2D eigenvalue weighted by molar-refractivity contribution is -0.191. The number of Topliss-reactive ketones (excluding diaryl/α,β-unsaturated/α-hetero) is 1. The number of carboxylic acids is 1. The number of esters is 1. The maximum atomic E-state index is 12.6. The van der Waals surface area contributed by atoms with E-state index in [2.05, 4.69) is 57.1 Å². The van der Waals surface area contributed by atoms with E-state index in [9.17, 15) is 24.0 Å². The SMILES string of the molecule is CC(=O)Oc1ccc(CC(C)CC(C)C(C)(C)C)cc1NC(=O)CCOCCCC(=O)C#CC(=O)NCCOCCC(=O)O.O=C=O. The third-order valence-electron chi connectivity index (χ3n) is 6.86. The molecule has 2 amide bonds. The molecule has 0 aliphatic carbocycles. The van der Waals surface area contributed by atoms with Crippen molar-refractivity contribution in [2.45, 2.75) is 80.1 Å². The van der Waals surface area contributed by atoms with Gasteiger partial charge < -0.3 is 30.0 Å². The minimum absolute atomic E-state index is 0.0457. The predicted octanol–water partition coefficient (Wildman–Crippen LogP) is 3.58. The molecule has 0 bridgehead atoms. The van der Waals surface area contributed by atoms with Crippen molar-refractivity contribution in [1.82, 2.24) is 5.32 Å². The van der Waals surface area contributed by atoms with Crippen LogP contribution in [0.1, 0.15) is 79.2 Å². The van der Waals surface area contributed by atoms with Crippen molar-refractivity contribution in [3.63, 3.8) is 0 Å². The Bertz CT molecular complexity index is 1270. The molecule has 0 radical (unpaired) electrons. The molecule has 0 fully saturated rings. The lowest BCUT2D eigenvalue weighted by Gasteiger charge is -2.29. The summed E-state index contributed by atoms with van der Waals surface area (Å²) in [5.74, 6) is 2.92. The fourth-order valence-electron chi connectivity index (χ4n) is 4.03. The monoisotopic (exact) mass is 660 g/mol. The van der Waals surface area contributed by atoms with Gasteiger partial charge in [0.1, 0.15) is 0 Å². The summed E-state index contributed by atoms with van der Waals surface area (Å²) >= 11 is 0. The lowest BCUT2D eigenvalue weighted by Crippen LogP contribution is -2.26. The van der Waals surface area contributed by atoms with Crippen molar-refractivity contribution in [3.05, 3.63) is 23.8 Å². The Labute approximate surface area is 276 Å². The fraction of sp³-hybridized carbons (Fsp3) is 0.588. The van der Waals surface area contributed by atoms with Crippen LogP contribution in [0.15, 0.2) is 18.2 Å². The molecule has 1 aromatic rings. The van der Waals surface area contributed by atoms with Gasteiger partial charge in [-0.2, -0.15) is 9.59 Å². The summed E-state index contributed by atoms with van der Waals surface area (Å²) in [4.78, 5) is 74.3. The van der Waals surface area contributed by atoms with Crippen molar-refractivity contribution in [2.75, 3.05) is 38.3 Å². The predicted molar refractivity (Wildman–Crippen MR) is 171 cm³/mol. The minimum atomic E-state index is -0.968. The average Bonchev–Trinajstić information content (AvgIpc) is 2.96. The second-order valence-electron chi connectivity index (χ2n) is 12.0. The zero-order valence-corrected chi connectivity index (χ0v) is 28.2. The largest absolute Gasteiger partial charge is 0.481 e. The Morgan fingerprint density at radius 3 is 2.17 bits per heavy atom. The number of amides is 2. The maximum absolute atomic E-state index is 12.6. The Morgan fingerprint density at radius 2 is 1.55 bits per heavy atom. The standard InChI is InChI=1S/C33H48N2O9.CO2/c1-23(20-24(2)33(4,5)6)21-26-9-11-29(44-25(3)36)28(22-26)35-31(39)13-17-42-16-7-8-27(37)10-12-30(38)34-15-19-43-18-14-32(40)41;2-1-3/h9,11,22-24H,7-8,13-21H2,1-6H3,(H,34,38)(H,35,39)(H,40,41);. The molecule has 2 unspecified atom stereocenters. The number of carbonyl (C=O) groups excluding carboxylic acids is 6. The molecule has 0 spiro atoms. The maximum Gasteiger partial charge on any atom is 0.373 e. The Balaban J connectivity index is 0.00000677. The number of anilines is 1. The van der Waals surface area contributed by atoms with Gasteiger partial charge in [-0.3, -0.25) is 24.0 Å². The fourth-order valence-corrected chi connectivity index (χ4v) is 4.03. The molecule has 0 saturated heterocycles.